The molecule has 3 aliphatic rings. The van der Waals surface area contributed by atoms with Crippen LogP contribution in [0.4, 0.5) is 17.1 Å². The van der Waals surface area contributed by atoms with Gasteiger partial charge in [-0.1, -0.05) is 35.9 Å². The largest absolute Gasteiger partial charge is 0.462 e. The zero-order valence-corrected chi connectivity index (χ0v) is 22.2. The lowest BCUT2D eigenvalue weighted by molar-refractivity contribution is -0.125. The van der Waals surface area contributed by atoms with Crippen molar-refractivity contribution in [3.63, 3.8) is 0 Å². The van der Waals surface area contributed by atoms with Gasteiger partial charge in [-0.15, -0.1) is 0 Å². The Hall–Kier alpha value is -3.84. The molecule has 3 heterocycles. The van der Waals surface area contributed by atoms with Gasteiger partial charge in [0.25, 0.3) is 5.91 Å². The fraction of sp³-hybridized carbons (Fsp3) is 0.300. The van der Waals surface area contributed by atoms with Crippen LogP contribution < -0.4 is 14.8 Å². The number of fused-ring (bicyclic) bond motifs is 4. The number of amides is 1. The van der Waals surface area contributed by atoms with Gasteiger partial charge in [-0.2, -0.15) is 10.1 Å². The van der Waals surface area contributed by atoms with Crippen LogP contribution in [0, 0.1) is 5.41 Å². The summed E-state index contributed by atoms with van der Waals surface area (Å²) in [6, 6.07) is 23.0. The topological polar surface area (TPSA) is 65.5 Å². The smallest absolute Gasteiger partial charge is 0.338 e. The minimum Gasteiger partial charge on any atom is -0.462 e. The molecule has 1 spiro atoms. The van der Waals surface area contributed by atoms with Gasteiger partial charge in [-0.25, -0.2) is 4.79 Å². The normalized spacial score (nSPS) is 22.3. The van der Waals surface area contributed by atoms with Crippen molar-refractivity contribution < 1.29 is 14.3 Å². The number of benzene rings is 3. The number of hydrazone groups is 1. The number of hydrogen-bond acceptors (Lipinski definition) is 6. The number of piperazine rings is 1. The van der Waals surface area contributed by atoms with Gasteiger partial charge < -0.3 is 14.5 Å². The number of para-hydroxylation sites is 1. The van der Waals surface area contributed by atoms with Gasteiger partial charge in [-0.3, -0.25) is 4.79 Å². The summed E-state index contributed by atoms with van der Waals surface area (Å²) in [6.07, 6.45) is 0.583. The molecule has 2 atom stereocenters. The maximum Gasteiger partial charge on any atom is 0.338 e. The van der Waals surface area contributed by atoms with E-state index in [2.05, 4.69) is 34.1 Å². The quantitative estimate of drug-likeness (QED) is 0.437. The summed E-state index contributed by atoms with van der Waals surface area (Å²) in [5.74, 6) is -0.429. The molecule has 0 saturated carbocycles. The molecule has 7 nitrogen and oxygen atoms in total. The number of halogens is 1. The Balaban J connectivity index is 1.38. The molecule has 1 saturated heterocycles. The second kappa shape index (κ2) is 9.48. The minimum atomic E-state index is -0.814. The van der Waals surface area contributed by atoms with Crippen LogP contribution in [-0.4, -0.2) is 49.9 Å². The molecule has 1 amide bonds. The van der Waals surface area contributed by atoms with E-state index in [4.69, 9.17) is 21.4 Å². The molecule has 0 bridgehead atoms. The molecule has 0 unspecified atom stereocenters. The van der Waals surface area contributed by atoms with E-state index in [1.807, 2.05) is 31.2 Å². The Labute approximate surface area is 227 Å². The van der Waals surface area contributed by atoms with Gasteiger partial charge in [0.1, 0.15) is 5.41 Å². The zero-order chi connectivity index (χ0) is 26.4. The Kier molecular flexibility index (Phi) is 6.11. The first-order chi connectivity index (χ1) is 18.4. The number of ether oxygens (including phenoxy) is 1. The summed E-state index contributed by atoms with van der Waals surface area (Å²) < 4.78 is 5.10. The van der Waals surface area contributed by atoms with Crippen molar-refractivity contribution in [2.45, 2.75) is 26.3 Å². The summed E-state index contributed by atoms with van der Waals surface area (Å²) in [5.41, 5.74) is 4.46. The van der Waals surface area contributed by atoms with Crippen LogP contribution >= 0.6 is 11.6 Å². The predicted octanol–water partition coefficient (Wildman–Crippen LogP) is 5.18. The van der Waals surface area contributed by atoms with E-state index in [1.165, 1.54) is 10.7 Å². The summed E-state index contributed by atoms with van der Waals surface area (Å²) in [7, 11) is 0. The van der Waals surface area contributed by atoms with Crippen molar-refractivity contribution in [2.75, 3.05) is 41.0 Å². The molecule has 6 rings (SSSR count). The number of anilines is 3. The SMILES string of the molecule is CCOC(=O)c1ccc(N2N=C(C)[C@]3(Cc4ccccc4N4CCN(c5cccc(Cl)c5)C[C@@H]43)C2=O)cc1. The average molecular weight is 529 g/mol. The lowest BCUT2D eigenvalue weighted by Crippen LogP contribution is -2.67. The van der Waals surface area contributed by atoms with Crippen molar-refractivity contribution in [1.82, 2.24) is 0 Å². The third kappa shape index (κ3) is 3.84. The molecule has 38 heavy (non-hydrogen) atoms. The predicted molar refractivity (Wildman–Crippen MR) is 150 cm³/mol. The van der Waals surface area contributed by atoms with Crippen LogP contribution in [0.2, 0.25) is 5.02 Å². The fourth-order valence-corrected chi connectivity index (χ4v) is 6.29. The van der Waals surface area contributed by atoms with E-state index in [-0.39, 0.29) is 17.9 Å². The van der Waals surface area contributed by atoms with Gasteiger partial charge in [0, 0.05) is 36.0 Å². The lowest BCUT2D eigenvalue weighted by Gasteiger charge is -2.53. The molecular weight excluding hydrogens is 500 g/mol. The molecule has 0 aliphatic carbocycles. The van der Waals surface area contributed by atoms with Crippen molar-refractivity contribution in [1.29, 1.82) is 0 Å². The van der Waals surface area contributed by atoms with Crippen molar-refractivity contribution in [3.05, 3.63) is 88.9 Å². The van der Waals surface area contributed by atoms with E-state index in [1.54, 1.807) is 31.2 Å². The van der Waals surface area contributed by atoms with Crippen molar-refractivity contribution >= 4 is 46.3 Å². The molecular formula is C30H29ClN4O3. The lowest BCUT2D eigenvalue weighted by atomic mass is 9.67. The number of nitrogens with zero attached hydrogens (tertiary/aromatic N) is 4. The van der Waals surface area contributed by atoms with Crippen molar-refractivity contribution in [3.8, 4) is 0 Å². The van der Waals surface area contributed by atoms with Gasteiger partial charge in [0.2, 0.25) is 0 Å². The second-order valence-electron chi connectivity index (χ2n) is 9.98. The maximum atomic E-state index is 14.4. The van der Waals surface area contributed by atoms with Crippen molar-refractivity contribution in [2.24, 2.45) is 10.5 Å². The zero-order valence-electron chi connectivity index (χ0n) is 21.4. The third-order valence-electron chi connectivity index (χ3n) is 7.99. The Morgan fingerprint density at radius 3 is 2.61 bits per heavy atom. The van der Waals surface area contributed by atoms with Crippen LogP contribution in [0.25, 0.3) is 0 Å². The first-order valence-corrected chi connectivity index (χ1v) is 13.3. The highest BCUT2D eigenvalue weighted by atomic mass is 35.5. The second-order valence-corrected chi connectivity index (χ2v) is 10.4. The van der Waals surface area contributed by atoms with Gasteiger partial charge in [-0.05, 0) is 74.4 Å². The molecule has 3 aliphatic heterocycles. The molecule has 3 aromatic rings. The van der Waals surface area contributed by atoms with E-state index in [0.29, 0.717) is 35.8 Å². The maximum absolute atomic E-state index is 14.4. The summed E-state index contributed by atoms with van der Waals surface area (Å²) in [6.45, 7) is 6.33. The molecule has 3 aromatic carbocycles. The van der Waals surface area contributed by atoms with Crippen LogP contribution in [0.1, 0.15) is 29.8 Å². The minimum absolute atomic E-state index is 0.0451. The number of esters is 1. The molecule has 194 valence electrons. The molecule has 8 heteroatoms. The molecule has 0 N–H and O–H groups in total. The first-order valence-electron chi connectivity index (χ1n) is 12.9. The average Bonchev–Trinajstić information content (AvgIpc) is 3.18. The van der Waals surface area contributed by atoms with Gasteiger partial charge in [0.05, 0.1) is 29.6 Å². The Morgan fingerprint density at radius 1 is 1.05 bits per heavy atom. The highest BCUT2D eigenvalue weighted by Gasteiger charge is 2.59. The molecule has 1 fully saturated rings. The number of carbonyl (C=O) groups excluding carboxylic acids is 2. The highest BCUT2D eigenvalue weighted by Crippen LogP contribution is 2.48. The van der Waals surface area contributed by atoms with Gasteiger partial charge in [0.15, 0.2) is 0 Å². The third-order valence-corrected chi connectivity index (χ3v) is 8.22. The van der Waals surface area contributed by atoms with Crippen LogP contribution in [0.15, 0.2) is 77.9 Å². The van der Waals surface area contributed by atoms with Crippen LogP contribution in [-0.2, 0) is 16.0 Å². The van der Waals surface area contributed by atoms with Gasteiger partial charge >= 0.3 is 5.97 Å². The number of rotatable bonds is 4. The fourth-order valence-electron chi connectivity index (χ4n) is 6.10. The van der Waals surface area contributed by atoms with Crippen LogP contribution in [0.5, 0.6) is 0 Å². The number of carbonyl (C=O) groups is 2. The summed E-state index contributed by atoms with van der Waals surface area (Å²) >= 11 is 6.32. The monoisotopic (exact) mass is 528 g/mol. The van der Waals surface area contributed by atoms with E-state index < -0.39 is 5.41 Å². The summed E-state index contributed by atoms with van der Waals surface area (Å²) in [5, 5.41) is 7.03. The molecule has 0 radical (unpaired) electrons. The highest BCUT2D eigenvalue weighted by molar-refractivity contribution is 6.30. The van der Waals surface area contributed by atoms with E-state index in [9.17, 15) is 9.59 Å². The summed E-state index contributed by atoms with van der Waals surface area (Å²) in [4.78, 5) is 31.3. The Bertz CT molecular complexity index is 1440. The van der Waals surface area contributed by atoms with Crippen LogP contribution in [0.3, 0.4) is 0 Å². The molecule has 0 aromatic heterocycles. The number of hydrogen-bond donors (Lipinski definition) is 0. The van der Waals surface area contributed by atoms with E-state index >= 15 is 0 Å². The Morgan fingerprint density at radius 2 is 1.84 bits per heavy atom. The first kappa shape index (κ1) is 24.5. The standard InChI is InChI=1S/C30H29ClN4O3/c1-3-38-28(36)21-11-13-24(14-12-21)35-29(37)30(20(2)32-35)18-22-7-4-5-10-26(22)34-16-15-33(19-27(30)34)25-9-6-8-23(31)17-25/h4-14,17,27H,3,15-16,18-19H2,1-2H3/t27-,30+/m1/s1. The van der Waals surface area contributed by atoms with E-state index in [0.717, 1.165) is 30.1 Å².